The molecule has 1 aromatic heterocycles. The van der Waals surface area contributed by atoms with Crippen LogP contribution in [0.2, 0.25) is 0 Å². The van der Waals surface area contributed by atoms with E-state index < -0.39 is 30.8 Å². The molecule has 2 aliphatic heterocycles. The van der Waals surface area contributed by atoms with E-state index in [4.69, 9.17) is 28.4 Å². The molecule has 3 aromatic carbocycles. The highest BCUT2D eigenvalue weighted by atomic mass is 16.7. The van der Waals surface area contributed by atoms with E-state index in [-0.39, 0.29) is 6.10 Å². The summed E-state index contributed by atoms with van der Waals surface area (Å²) >= 11 is 0. The number of fused-ring (bicyclic) bond motifs is 1. The molecule has 1 unspecified atom stereocenters. The van der Waals surface area contributed by atoms with Gasteiger partial charge in [-0.1, -0.05) is 96.2 Å². The average Bonchev–Trinajstić information content (AvgIpc) is 3.48. The third-order valence-corrected chi connectivity index (χ3v) is 7.19. The Kier molecular flexibility index (Phi) is 8.58. The SMILES string of the molecule is CO[C@H]1O[C@@H]2COC(c3ccccc3)O[C@H]2[C@@H](OCc2ccccc2)[C@@H]1n1nncc1COCc1ccccc1. The van der Waals surface area contributed by atoms with E-state index in [1.807, 2.05) is 91.0 Å². The van der Waals surface area contributed by atoms with Crippen molar-refractivity contribution in [3.05, 3.63) is 120 Å². The summed E-state index contributed by atoms with van der Waals surface area (Å²) in [5.74, 6) is 0. The predicted octanol–water partition coefficient (Wildman–Crippen LogP) is 4.61. The smallest absolute Gasteiger partial charge is 0.184 e. The number of hydrogen-bond acceptors (Lipinski definition) is 8. The topological polar surface area (TPSA) is 86.1 Å². The molecule has 9 heteroatoms. The zero-order valence-corrected chi connectivity index (χ0v) is 22.3. The summed E-state index contributed by atoms with van der Waals surface area (Å²) in [6, 6.07) is 29.5. The van der Waals surface area contributed by atoms with Gasteiger partial charge in [0.25, 0.3) is 0 Å². The van der Waals surface area contributed by atoms with E-state index in [1.54, 1.807) is 18.0 Å². The monoisotopic (exact) mass is 543 g/mol. The van der Waals surface area contributed by atoms with Crippen LogP contribution in [0.5, 0.6) is 0 Å². The zero-order chi connectivity index (χ0) is 27.1. The van der Waals surface area contributed by atoms with Gasteiger partial charge in [0.1, 0.15) is 24.4 Å². The summed E-state index contributed by atoms with van der Waals surface area (Å²) in [5.41, 5.74) is 3.86. The lowest BCUT2D eigenvalue weighted by Crippen LogP contribution is -2.61. The third kappa shape index (κ3) is 6.00. The van der Waals surface area contributed by atoms with E-state index in [1.165, 1.54) is 0 Å². The summed E-state index contributed by atoms with van der Waals surface area (Å²) in [6.45, 7) is 1.51. The normalized spacial score (nSPS) is 26.3. The van der Waals surface area contributed by atoms with Gasteiger partial charge in [0.05, 0.1) is 38.3 Å². The fraction of sp³-hybridized carbons (Fsp3) is 0.355. The van der Waals surface area contributed by atoms with Crippen molar-refractivity contribution in [1.82, 2.24) is 15.0 Å². The van der Waals surface area contributed by atoms with Crippen LogP contribution in [0.3, 0.4) is 0 Å². The van der Waals surface area contributed by atoms with Crippen LogP contribution in [0, 0.1) is 0 Å². The molecule has 0 saturated carbocycles. The van der Waals surface area contributed by atoms with Gasteiger partial charge in [-0.25, -0.2) is 4.68 Å². The van der Waals surface area contributed by atoms with E-state index in [0.29, 0.717) is 26.4 Å². The van der Waals surface area contributed by atoms with E-state index in [2.05, 4.69) is 10.3 Å². The standard InChI is InChI=1S/C31H33N3O6/c1-35-31-27(34-25(17-32-33-34)20-36-18-22-11-5-2-6-12-22)29(37-19-23-13-7-3-8-14-23)28-26(39-31)21-38-30(40-28)24-15-9-4-10-16-24/h2-17,26-31H,18-21H2,1H3/t26-,27+,28-,29+,30?,31+/m1/s1. The highest BCUT2D eigenvalue weighted by molar-refractivity contribution is 5.17. The van der Waals surface area contributed by atoms with Crippen molar-refractivity contribution in [1.29, 1.82) is 0 Å². The second kappa shape index (κ2) is 12.8. The van der Waals surface area contributed by atoms with Crippen LogP contribution in [0.4, 0.5) is 0 Å². The van der Waals surface area contributed by atoms with Crippen LogP contribution in [-0.4, -0.2) is 53.3 Å². The van der Waals surface area contributed by atoms with Crippen molar-refractivity contribution < 1.29 is 28.4 Å². The number of rotatable bonds is 10. The Morgan fingerprint density at radius 1 is 0.825 bits per heavy atom. The summed E-state index contributed by atoms with van der Waals surface area (Å²) < 4.78 is 39.4. The summed E-state index contributed by atoms with van der Waals surface area (Å²) in [7, 11) is 1.62. The van der Waals surface area contributed by atoms with Crippen molar-refractivity contribution in [3.63, 3.8) is 0 Å². The van der Waals surface area contributed by atoms with Crippen LogP contribution in [-0.2, 0) is 48.2 Å². The van der Waals surface area contributed by atoms with Crippen LogP contribution in [0.15, 0.2) is 97.2 Å². The van der Waals surface area contributed by atoms with Gasteiger partial charge in [-0.05, 0) is 11.1 Å². The molecule has 0 amide bonds. The average molecular weight is 544 g/mol. The van der Waals surface area contributed by atoms with Crippen molar-refractivity contribution in [3.8, 4) is 0 Å². The summed E-state index contributed by atoms with van der Waals surface area (Å²) in [6.07, 6.45) is -0.816. The van der Waals surface area contributed by atoms with Crippen LogP contribution in [0.1, 0.15) is 34.7 Å². The van der Waals surface area contributed by atoms with Crippen molar-refractivity contribution in [2.75, 3.05) is 13.7 Å². The molecule has 6 atom stereocenters. The molecule has 0 spiro atoms. The molecule has 4 aromatic rings. The Labute approximate surface area is 233 Å². The minimum absolute atomic E-state index is 0.310. The number of methoxy groups -OCH3 is 1. The molecule has 6 rings (SSSR count). The first kappa shape index (κ1) is 26.8. The lowest BCUT2D eigenvalue weighted by molar-refractivity contribution is -0.353. The van der Waals surface area contributed by atoms with Crippen molar-refractivity contribution >= 4 is 0 Å². The van der Waals surface area contributed by atoms with Gasteiger partial charge < -0.3 is 28.4 Å². The molecular weight excluding hydrogens is 510 g/mol. The zero-order valence-electron chi connectivity index (χ0n) is 22.3. The molecule has 9 nitrogen and oxygen atoms in total. The number of hydrogen-bond donors (Lipinski definition) is 0. The molecule has 3 heterocycles. The molecule has 208 valence electrons. The Morgan fingerprint density at radius 2 is 1.50 bits per heavy atom. The van der Waals surface area contributed by atoms with Gasteiger partial charge >= 0.3 is 0 Å². The summed E-state index contributed by atoms with van der Waals surface area (Å²) in [4.78, 5) is 0. The van der Waals surface area contributed by atoms with Gasteiger partial charge in [-0.15, -0.1) is 5.10 Å². The quantitative estimate of drug-likeness (QED) is 0.287. The van der Waals surface area contributed by atoms with Gasteiger partial charge in [0, 0.05) is 12.7 Å². The molecule has 0 bridgehead atoms. The lowest BCUT2D eigenvalue weighted by Gasteiger charge is -2.49. The molecule has 0 N–H and O–H groups in total. The molecule has 40 heavy (non-hydrogen) atoms. The minimum Gasteiger partial charge on any atom is -0.370 e. The van der Waals surface area contributed by atoms with E-state index >= 15 is 0 Å². The van der Waals surface area contributed by atoms with Gasteiger partial charge in [-0.2, -0.15) is 0 Å². The molecule has 0 radical (unpaired) electrons. The highest BCUT2D eigenvalue weighted by Gasteiger charge is 2.52. The number of ether oxygens (including phenoxy) is 6. The molecule has 0 aliphatic carbocycles. The summed E-state index contributed by atoms with van der Waals surface area (Å²) in [5, 5.41) is 8.66. The lowest BCUT2D eigenvalue weighted by atomic mass is 9.95. The van der Waals surface area contributed by atoms with Gasteiger partial charge in [-0.3, -0.25) is 0 Å². The van der Waals surface area contributed by atoms with Crippen LogP contribution < -0.4 is 0 Å². The van der Waals surface area contributed by atoms with Gasteiger partial charge in [0.2, 0.25) is 0 Å². The number of nitrogens with zero attached hydrogens (tertiary/aromatic N) is 3. The number of aromatic nitrogens is 3. The second-order valence-electron chi connectivity index (χ2n) is 9.86. The maximum absolute atomic E-state index is 6.65. The first-order valence-corrected chi connectivity index (χ1v) is 13.5. The maximum atomic E-state index is 6.65. The Balaban J connectivity index is 1.27. The Bertz CT molecular complexity index is 1320. The number of benzene rings is 3. The predicted molar refractivity (Wildman–Crippen MR) is 145 cm³/mol. The molecular formula is C31H33N3O6. The van der Waals surface area contributed by atoms with Crippen molar-refractivity contribution in [2.24, 2.45) is 0 Å². The second-order valence-corrected chi connectivity index (χ2v) is 9.86. The van der Waals surface area contributed by atoms with Crippen LogP contribution >= 0.6 is 0 Å². The fourth-order valence-corrected chi connectivity index (χ4v) is 5.22. The van der Waals surface area contributed by atoms with E-state index in [9.17, 15) is 0 Å². The van der Waals surface area contributed by atoms with Gasteiger partial charge in [0.15, 0.2) is 12.6 Å². The van der Waals surface area contributed by atoms with Crippen LogP contribution in [0.25, 0.3) is 0 Å². The van der Waals surface area contributed by atoms with Crippen molar-refractivity contribution in [2.45, 2.75) is 56.8 Å². The third-order valence-electron chi connectivity index (χ3n) is 7.19. The fourth-order valence-electron chi connectivity index (χ4n) is 5.22. The van der Waals surface area contributed by atoms with E-state index in [0.717, 1.165) is 22.4 Å². The first-order chi connectivity index (χ1) is 19.8. The molecule has 2 aliphatic rings. The minimum atomic E-state index is -0.669. The highest BCUT2D eigenvalue weighted by Crippen LogP contribution is 2.40. The Hall–Kier alpha value is -3.44. The first-order valence-electron chi connectivity index (χ1n) is 13.5. The largest absolute Gasteiger partial charge is 0.370 e. The maximum Gasteiger partial charge on any atom is 0.184 e. The molecule has 2 saturated heterocycles. The molecule has 2 fully saturated rings. The Morgan fingerprint density at radius 3 is 2.20 bits per heavy atom.